The van der Waals surface area contributed by atoms with Gasteiger partial charge in [-0.1, -0.05) is 80.9 Å². The Morgan fingerprint density at radius 1 is 0.863 bits per heavy atom. The molecule has 5 heterocycles. The third kappa shape index (κ3) is 13.7. The van der Waals surface area contributed by atoms with Gasteiger partial charge in [0.05, 0.1) is 59.4 Å². The number of ether oxygens (including phenoxy) is 1. The number of nitrogens with zero attached hydrogens (tertiary/aromatic N) is 6. The zero-order chi connectivity index (χ0) is 57.7. The van der Waals surface area contributed by atoms with E-state index in [1.54, 1.807) is 40.2 Å². The fraction of sp³-hybridized carbons (Fsp3) is 0.441. The average molecular weight is 1150 g/mol. The zero-order valence-corrected chi connectivity index (χ0v) is 49.2. The molecule has 0 radical (unpaired) electrons. The Morgan fingerprint density at radius 3 is 2.10 bits per heavy atom. The van der Waals surface area contributed by atoms with Gasteiger partial charge in [0.25, 0.3) is 0 Å². The number of benzene rings is 3. The van der Waals surface area contributed by atoms with E-state index in [1.807, 2.05) is 122 Å². The first-order chi connectivity index (χ1) is 38.0. The van der Waals surface area contributed by atoms with Crippen molar-refractivity contribution in [1.29, 1.82) is 10.8 Å². The summed E-state index contributed by atoms with van der Waals surface area (Å²) in [6.45, 7) is 18.6. The number of amides is 5. The highest BCUT2D eigenvalue weighted by atomic mass is 35.5. The molecule has 0 unspecified atom stereocenters. The van der Waals surface area contributed by atoms with Gasteiger partial charge in [0.15, 0.2) is 0 Å². The Morgan fingerprint density at radius 2 is 1.49 bits per heavy atom. The van der Waals surface area contributed by atoms with Crippen molar-refractivity contribution in [3.8, 4) is 10.4 Å². The Hall–Kier alpha value is -6.84. The number of aliphatic hydroxyl groups is 1. The molecule has 0 saturated carbocycles. The van der Waals surface area contributed by atoms with Gasteiger partial charge in [-0.15, -0.1) is 22.7 Å². The molecule has 6 atom stereocenters. The molecule has 0 spiro atoms. The number of thiazole rings is 1. The third-order valence-corrected chi connectivity index (χ3v) is 17.4. The number of hydrogen-bond donors (Lipinski definition) is 6. The molecular weight excluding hydrogens is 1070 g/mol. The summed E-state index contributed by atoms with van der Waals surface area (Å²) in [4.78, 5) is 86.7. The van der Waals surface area contributed by atoms with E-state index in [-0.39, 0.29) is 74.6 Å². The average Bonchev–Trinajstić information content (AvgIpc) is 4.11. The molecule has 21 heteroatoms. The Kier molecular flexibility index (Phi) is 18.8. The van der Waals surface area contributed by atoms with Crippen LogP contribution in [0.15, 0.2) is 83.3 Å². The molecule has 8 rings (SSSR count). The van der Waals surface area contributed by atoms with Crippen molar-refractivity contribution < 1.29 is 33.8 Å². The van der Waals surface area contributed by atoms with Gasteiger partial charge in [0.2, 0.25) is 29.5 Å². The molecule has 2 fully saturated rings. The number of amidine groups is 2. The standard InChI is InChI=1S/C59H72ClN11O7S2/c1-33-37(5)80-58-51(33)52(41-14-18-43(60)19-15-41)66-46(55(62)71(58)38(6)61)29-48(73)64-34(2)40-16-20-44(21-17-40)68-23-25-69(26-24-68)50(75)22-27-78-31-49(74)67-54(59(7,8)9)57(77)70-30-45(72)28-47(70)56(76)65-35(3)39-10-12-42(13-11-39)53-36(4)63-32-79-53/h10-21,32,34-35,45-47,54,61-62,72H,22-31H2,1-9H3,(H,64,73)(H,65,76)(H,67,74)/t34-,35-,45+,46-,47-,54+/m0/s1. The van der Waals surface area contributed by atoms with Gasteiger partial charge in [-0.05, 0) is 93.5 Å². The molecule has 5 amide bonds. The number of anilines is 2. The lowest BCUT2D eigenvalue weighted by atomic mass is 9.85. The Balaban J connectivity index is 0.778. The molecular formula is C59H72ClN11O7S2. The number of aliphatic imine (C=N–C) groups is 1. The minimum atomic E-state index is -1.03. The number of carbonyl (C=O) groups excluding carboxylic acids is 5. The van der Waals surface area contributed by atoms with E-state index in [4.69, 9.17) is 26.7 Å². The van der Waals surface area contributed by atoms with Crippen LogP contribution in [-0.2, 0) is 28.7 Å². The summed E-state index contributed by atoms with van der Waals surface area (Å²) in [5.41, 5.74) is 9.10. The van der Waals surface area contributed by atoms with Crippen molar-refractivity contribution in [2.75, 3.05) is 55.7 Å². The number of nitrogens with one attached hydrogen (secondary N) is 5. The van der Waals surface area contributed by atoms with E-state index < -0.39 is 47.4 Å². The van der Waals surface area contributed by atoms with Crippen LogP contribution in [0.5, 0.6) is 0 Å². The summed E-state index contributed by atoms with van der Waals surface area (Å²) in [5.74, 6) is -1.59. The summed E-state index contributed by atoms with van der Waals surface area (Å²) in [7, 11) is 0. The van der Waals surface area contributed by atoms with E-state index in [1.165, 1.54) is 16.2 Å². The molecule has 3 aliphatic heterocycles. The summed E-state index contributed by atoms with van der Waals surface area (Å²) in [6, 6.07) is 19.6. The molecule has 6 N–H and O–H groups in total. The number of hydrogen-bond acceptors (Lipinski definition) is 14. The summed E-state index contributed by atoms with van der Waals surface area (Å²) >= 11 is 9.32. The van der Waals surface area contributed by atoms with Gasteiger partial charge in [-0.2, -0.15) is 0 Å². The number of halogens is 1. The first-order valence-electron chi connectivity index (χ1n) is 26.9. The lowest BCUT2D eigenvalue weighted by Crippen LogP contribution is -2.58. The number of aryl methyl sites for hydroxylation is 2. The maximum atomic E-state index is 14.2. The number of likely N-dealkylation sites (tertiary alicyclic amines) is 1. The van der Waals surface area contributed by atoms with E-state index in [2.05, 4.69) is 25.8 Å². The second-order valence-electron chi connectivity index (χ2n) is 21.9. The lowest BCUT2D eigenvalue weighted by Gasteiger charge is -2.36. The highest BCUT2D eigenvalue weighted by molar-refractivity contribution is 7.17. The Labute approximate surface area is 481 Å². The van der Waals surface area contributed by atoms with Crippen LogP contribution in [0.4, 0.5) is 10.7 Å². The maximum absolute atomic E-state index is 14.2. The minimum Gasteiger partial charge on any atom is -0.391 e. The van der Waals surface area contributed by atoms with Crippen LogP contribution in [0, 0.1) is 37.0 Å². The highest BCUT2D eigenvalue weighted by Gasteiger charge is 2.45. The van der Waals surface area contributed by atoms with Crippen molar-refractivity contribution in [1.82, 2.24) is 30.7 Å². The van der Waals surface area contributed by atoms with Crippen molar-refractivity contribution in [3.63, 3.8) is 0 Å². The van der Waals surface area contributed by atoms with Crippen LogP contribution in [0.25, 0.3) is 10.4 Å². The van der Waals surface area contributed by atoms with Crippen molar-refractivity contribution in [2.24, 2.45) is 10.4 Å². The molecule has 80 heavy (non-hydrogen) atoms. The number of β-amino-alcohol motifs (C(OH)–C–C–N with tert-alkyl or cyclic N) is 1. The van der Waals surface area contributed by atoms with Crippen LogP contribution in [0.1, 0.15) is 111 Å². The first-order valence-corrected chi connectivity index (χ1v) is 29.0. The largest absolute Gasteiger partial charge is 0.391 e. The number of fused-ring (bicyclic) bond motifs is 1. The predicted molar refractivity (Wildman–Crippen MR) is 316 cm³/mol. The summed E-state index contributed by atoms with van der Waals surface area (Å²) < 4.78 is 5.66. The first kappa shape index (κ1) is 59.3. The summed E-state index contributed by atoms with van der Waals surface area (Å²) in [5, 5.41) is 38.9. The SMILES string of the molecule is CC(=N)N1C(=N)[C@H](CC(=O)N[C@@H](C)c2ccc(N3CCN(C(=O)CCOCC(=O)N[C@H](C(=O)N4C[C@H](O)C[C@H]4C(=O)N[C@@H](C)c4ccc(-c5scnc5C)cc4)C(C)(C)C)CC3)cc2)N=C(c2ccc(Cl)cc2)c2c1sc(C)c2C. The summed E-state index contributed by atoms with van der Waals surface area (Å²) in [6.07, 6.45) is -0.879. The fourth-order valence-corrected chi connectivity index (χ4v) is 12.5. The van der Waals surface area contributed by atoms with Crippen molar-refractivity contribution in [2.45, 2.75) is 118 Å². The van der Waals surface area contributed by atoms with E-state index in [9.17, 15) is 34.5 Å². The smallest absolute Gasteiger partial charge is 0.246 e. The topological polar surface area (TPSA) is 237 Å². The molecule has 2 aromatic heterocycles. The molecule has 18 nitrogen and oxygen atoms in total. The van der Waals surface area contributed by atoms with E-state index >= 15 is 0 Å². The minimum absolute atomic E-state index is 0.00112. The van der Waals surface area contributed by atoms with Crippen LogP contribution < -0.4 is 25.8 Å². The van der Waals surface area contributed by atoms with Crippen LogP contribution in [0.2, 0.25) is 5.02 Å². The molecule has 0 aliphatic carbocycles. The number of aromatic nitrogens is 1. The van der Waals surface area contributed by atoms with Gasteiger partial charge in [0, 0.05) is 65.9 Å². The molecule has 3 aromatic carbocycles. The number of piperazine rings is 1. The normalized spacial score (nSPS) is 18.7. The highest BCUT2D eigenvalue weighted by Crippen LogP contribution is 2.40. The van der Waals surface area contributed by atoms with Gasteiger partial charge in [0.1, 0.15) is 41.4 Å². The van der Waals surface area contributed by atoms with Crippen molar-refractivity contribution >= 4 is 91.9 Å². The van der Waals surface area contributed by atoms with Gasteiger partial charge >= 0.3 is 0 Å². The second kappa shape index (κ2) is 25.3. The van der Waals surface area contributed by atoms with Crippen LogP contribution >= 0.6 is 34.3 Å². The molecule has 3 aliphatic rings. The fourth-order valence-electron chi connectivity index (χ4n) is 10.3. The van der Waals surface area contributed by atoms with Gasteiger partial charge < -0.3 is 40.5 Å². The van der Waals surface area contributed by atoms with Gasteiger partial charge in [-0.25, -0.2) is 4.98 Å². The zero-order valence-electron chi connectivity index (χ0n) is 46.8. The maximum Gasteiger partial charge on any atom is 0.246 e. The Bertz CT molecular complexity index is 3150. The quantitative estimate of drug-likeness (QED) is 0.0297. The van der Waals surface area contributed by atoms with E-state index in [0.717, 1.165) is 59.5 Å². The van der Waals surface area contributed by atoms with Gasteiger partial charge in [-0.3, -0.25) is 44.7 Å². The third-order valence-electron chi connectivity index (χ3n) is 15.0. The van der Waals surface area contributed by atoms with E-state index in [0.29, 0.717) is 36.9 Å². The monoisotopic (exact) mass is 1150 g/mol. The molecule has 424 valence electrons. The molecule has 2 saturated heterocycles. The predicted octanol–water partition coefficient (Wildman–Crippen LogP) is 8.14. The number of carbonyl (C=O) groups is 5. The number of thiophene rings is 1. The number of aliphatic hydroxyl groups excluding tert-OH is 1. The van der Waals surface area contributed by atoms with Crippen LogP contribution in [0.3, 0.4) is 0 Å². The second-order valence-corrected chi connectivity index (χ2v) is 24.4. The molecule has 0 bridgehead atoms. The van der Waals surface area contributed by atoms with Crippen molar-refractivity contribution in [3.05, 3.63) is 122 Å². The number of rotatable bonds is 17. The molecule has 5 aromatic rings. The van der Waals surface area contributed by atoms with Crippen LogP contribution in [-0.4, -0.2) is 137 Å². The lowest BCUT2D eigenvalue weighted by molar-refractivity contribution is -0.144.